The van der Waals surface area contributed by atoms with E-state index in [0.29, 0.717) is 6.42 Å². The maximum atomic E-state index is 13.1. The quantitative estimate of drug-likeness (QED) is 0.0261. The van der Waals surface area contributed by atoms with Crippen LogP contribution < -0.4 is 5.32 Å². The summed E-state index contributed by atoms with van der Waals surface area (Å²) in [7, 11) is 0. The molecule has 6 N–H and O–H groups in total. The molecule has 79 heavy (non-hydrogen) atoms. The Balaban J connectivity index is 2.25. The van der Waals surface area contributed by atoms with Gasteiger partial charge in [-0.3, -0.25) is 4.79 Å². The van der Waals surface area contributed by atoms with Gasteiger partial charge in [0.05, 0.1) is 25.4 Å². The highest BCUT2D eigenvalue weighted by Crippen LogP contribution is 2.23. The fourth-order valence-electron chi connectivity index (χ4n) is 9.46. The lowest BCUT2D eigenvalue weighted by molar-refractivity contribution is -0.302. The topological polar surface area (TPSA) is 149 Å². The number of rotatable bonds is 54. The first kappa shape index (κ1) is 73.6. The summed E-state index contributed by atoms with van der Waals surface area (Å²) in [5.41, 5.74) is 0. The predicted octanol–water partition coefficient (Wildman–Crippen LogP) is 17.1. The molecule has 7 atom stereocenters. The van der Waals surface area contributed by atoms with Crippen LogP contribution in [0.25, 0.3) is 0 Å². The SMILES string of the molecule is CC/C=C\C/C=C\C/C=C\C/C=C\C/C=C\C/C=C\C/C=C\CCCCCCCC(=O)NC(COC1OC(CO)C(O)C(O)C1O)C(O)/C=C/CC/C=C/CC/C=C/CCCCCCCCCCCCCCCCCCCCC. The zero-order chi connectivity index (χ0) is 57.2. The minimum atomic E-state index is -1.59. The molecule has 1 aliphatic rings. The van der Waals surface area contributed by atoms with Crippen LogP contribution in [-0.2, 0) is 14.3 Å². The molecular weight excluding hydrogens is 983 g/mol. The number of carbonyl (C=O) groups excluding carboxylic acids is 1. The van der Waals surface area contributed by atoms with E-state index < -0.39 is 49.5 Å². The average Bonchev–Trinajstić information content (AvgIpc) is 3.47. The van der Waals surface area contributed by atoms with E-state index in [1.165, 1.54) is 122 Å². The highest BCUT2D eigenvalue weighted by Gasteiger charge is 2.44. The smallest absolute Gasteiger partial charge is 0.220 e. The van der Waals surface area contributed by atoms with E-state index in [2.05, 4.69) is 129 Å². The number of nitrogens with one attached hydrogen (secondary N) is 1. The summed E-state index contributed by atoms with van der Waals surface area (Å²) < 4.78 is 11.3. The summed E-state index contributed by atoms with van der Waals surface area (Å²) in [4.78, 5) is 13.1. The molecule has 0 bridgehead atoms. The second-order valence-corrected chi connectivity index (χ2v) is 21.8. The Morgan fingerprint density at radius 1 is 0.443 bits per heavy atom. The number of ether oxygens (including phenoxy) is 2. The summed E-state index contributed by atoms with van der Waals surface area (Å²) in [5.74, 6) is -0.213. The lowest BCUT2D eigenvalue weighted by Crippen LogP contribution is -2.60. The van der Waals surface area contributed by atoms with Gasteiger partial charge in [0.25, 0.3) is 0 Å². The number of unbranched alkanes of at least 4 members (excludes halogenated alkanes) is 26. The maximum absolute atomic E-state index is 13.1. The van der Waals surface area contributed by atoms with Gasteiger partial charge in [-0.2, -0.15) is 0 Å². The molecule has 0 radical (unpaired) electrons. The van der Waals surface area contributed by atoms with Crippen LogP contribution in [-0.4, -0.2) is 87.5 Å². The van der Waals surface area contributed by atoms with Crippen LogP contribution in [0.1, 0.15) is 258 Å². The Kier molecular flexibility index (Phi) is 53.9. The van der Waals surface area contributed by atoms with E-state index in [-0.39, 0.29) is 12.5 Å². The fourth-order valence-corrected chi connectivity index (χ4v) is 9.46. The van der Waals surface area contributed by atoms with E-state index in [1.807, 2.05) is 6.08 Å². The Morgan fingerprint density at radius 2 is 0.797 bits per heavy atom. The van der Waals surface area contributed by atoms with E-state index in [1.54, 1.807) is 6.08 Å². The third kappa shape index (κ3) is 46.9. The maximum Gasteiger partial charge on any atom is 0.220 e. The lowest BCUT2D eigenvalue weighted by atomic mass is 9.99. The summed E-state index contributed by atoms with van der Waals surface area (Å²) in [6.45, 7) is 3.64. The molecule has 9 nitrogen and oxygen atoms in total. The van der Waals surface area contributed by atoms with Gasteiger partial charge in [-0.1, -0.05) is 270 Å². The molecule has 1 amide bonds. The summed E-state index contributed by atoms with van der Waals surface area (Å²) in [5, 5.41) is 54.6. The van der Waals surface area contributed by atoms with Crippen molar-refractivity contribution in [2.75, 3.05) is 13.2 Å². The van der Waals surface area contributed by atoms with Crippen molar-refractivity contribution in [2.45, 2.75) is 301 Å². The van der Waals surface area contributed by atoms with Crippen molar-refractivity contribution in [1.82, 2.24) is 5.32 Å². The minimum Gasteiger partial charge on any atom is -0.394 e. The van der Waals surface area contributed by atoms with Crippen molar-refractivity contribution in [3.05, 3.63) is 122 Å². The van der Waals surface area contributed by atoms with Crippen LogP contribution in [0.2, 0.25) is 0 Å². The van der Waals surface area contributed by atoms with Gasteiger partial charge in [-0.15, -0.1) is 0 Å². The fraction of sp³-hybridized carbons (Fsp3) is 0.700. The summed E-state index contributed by atoms with van der Waals surface area (Å²) in [6.07, 6.45) is 80.0. The highest BCUT2D eigenvalue weighted by molar-refractivity contribution is 5.76. The molecule has 7 unspecified atom stereocenters. The Hall–Kier alpha value is -3.41. The van der Waals surface area contributed by atoms with Gasteiger partial charge in [0.1, 0.15) is 24.4 Å². The molecule has 1 saturated heterocycles. The molecule has 1 fully saturated rings. The van der Waals surface area contributed by atoms with Crippen molar-refractivity contribution in [1.29, 1.82) is 0 Å². The van der Waals surface area contributed by atoms with Crippen LogP contribution in [0.5, 0.6) is 0 Å². The van der Waals surface area contributed by atoms with E-state index in [9.17, 15) is 30.3 Å². The molecule has 0 aromatic carbocycles. The largest absolute Gasteiger partial charge is 0.394 e. The molecule has 0 aromatic rings. The summed E-state index contributed by atoms with van der Waals surface area (Å²) >= 11 is 0. The zero-order valence-corrected chi connectivity index (χ0v) is 50.3. The van der Waals surface area contributed by atoms with Gasteiger partial charge >= 0.3 is 0 Å². The number of aliphatic hydroxyl groups excluding tert-OH is 5. The Morgan fingerprint density at radius 3 is 1.22 bits per heavy atom. The van der Waals surface area contributed by atoms with Crippen LogP contribution in [0.4, 0.5) is 0 Å². The molecular formula is C70H119NO8. The van der Waals surface area contributed by atoms with Crippen molar-refractivity contribution in [3.8, 4) is 0 Å². The number of hydrogen-bond donors (Lipinski definition) is 6. The number of carbonyl (C=O) groups is 1. The Bertz CT molecular complexity index is 1660. The van der Waals surface area contributed by atoms with Gasteiger partial charge < -0.3 is 40.3 Å². The van der Waals surface area contributed by atoms with Gasteiger partial charge in [0, 0.05) is 6.42 Å². The van der Waals surface area contributed by atoms with E-state index in [4.69, 9.17) is 9.47 Å². The first-order valence-electron chi connectivity index (χ1n) is 32.3. The number of allylic oxidation sites excluding steroid dienone is 19. The monoisotopic (exact) mass is 1100 g/mol. The number of hydrogen-bond acceptors (Lipinski definition) is 8. The first-order valence-corrected chi connectivity index (χ1v) is 32.3. The van der Waals surface area contributed by atoms with E-state index >= 15 is 0 Å². The second kappa shape index (κ2) is 57.8. The third-order valence-corrected chi connectivity index (χ3v) is 14.5. The van der Waals surface area contributed by atoms with Gasteiger partial charge in [-0.05, 0) is 103 Å². The lowest BCUT2D eigenvalue weighted by Gasteiger charge is -2.40. The van der Waals surface area contributed by atoms with Gasteiger partial charge in [-0.25, -0.2) is 0 Å². The molecule has 0 aromatic heterocycles. The predicted molar refractivity (Wildman–Crippen MR) is 336 cm³/mol. The van der Waals surface area contributed by atoms with Crippen molar-refractivity contribution >= 4 is 5.91 Å². The van der Waals surface area contributed by atoms with Crippen molar-refractivity contribution < 1.29 is 39.8 Å². The molecule has 0 saturated carbocycles. The highest BCUT2D eigenvalue weighted by atomic mass is 16.7. The van der Waals surface area contributed by atoms with Crippen molar-refractivity contribution in [3.63, 3.8) is 0 Å². The van der Waals surface area contributed by atoms with E-state index in [0.717, 1.165) is 116 Å². The van der Waals surface area contributed by atoms with Crippen LogP contribution in [0, 0.1) is 0 Å². The van der Waals surface area contributed by atoms with Crippen LogP contribution in [0.3, 0.4) is 0 Å². The average molecular weight is 1100 g/mol. The van der Waals surface area contributed by atoms with Crippen LogP contribution in [0.15, 0.2) is 122 Å². The molecule has 9 heteroatoms. The molecule has 1 heterocycles. The number of amides is 1. The normalized spacial score (nSPS) is 19.4. The third-order valence-electron chi connectivity index (χ3n) is 14.5. The zero-order valence-electron chi connectivity index (χ0n) is 50.3. The standard InChI is InChI=1S/C70H119NO8/c1-3-5-7-9-11-13-15-17-19-21-23-25-27-29-31-32-34-35-37-39-41-43-45-47-49-51-53-55-57-59-64(73)63(62-78-70-69(77)68(76)67(75)65(61-72)79-70)71-66(74)60-58-56-54-52-50-48-46-44-42-40-38-36-33-30-28-26-24-22-20-18-16-14-12-10-8-6-4-2/h6,8,12,14,18,20,24,26,30,33,38,40-41,43-44,46,49,51,57,59,63-65,67-70,72-73,75-77H,3-5,7,9-11,13,15-17,19,21-23,25,27-29,31-32,34-37,39,42,45,47-48,50,52-56,58,60-62H2,1-2H3,(H,71,74)/b8-6-,14-12-,20-18-,26-24-,33-30-,40-38-,43-41+,46-44-,51-49+,59-57+. The minimum absolute atomic E-state index is 0.213. The first-order chi connectivity index (χ1) is 38.8. The molecule has 1 rings (SSSR count). The summed E-state index contributed by atoms with van der Waals surface area (Å²) in [6, 6.07) is -0.850. The molecule has 0 aliphatic carbocycles. The van der Waals surface area contributed by atoms with Crippen molar-refractivity contribution in [2.24, 2.45) is 0 Å². The number of aliphatic hydroxyl groups is 5. The molecule has 0 spiro atoms. The molecule has 1 aliphatic heterocycles. The molecule has 452 valence electrons. The Labute approximate surface area is 484 Å². The van der Waals surface area contributed by atoms with Gasteiger partial charge in [0.15, 0.2) is 6.29 Å². The second-order valence-electron chi connectivity index (χ2n) is 21.8. The van der Waals surface area contributed by atoms with Crippen LogP contribution >= 0.6 is 0 Å². The van der Waals surface area contributed by atoms with Gasteiger partial charge in [0.2, 0.25) is 5.91 Å².